The molecule has 0 aromatic heterocycles. The number of benzene rings is 6. The highest BCUT2D eigenvalue weighted by atomic mass is 35.5. The summed E-state index contributed by atoms with van der Waals surface area (Å²) < 4.78 is 0. The van der Waals surface area contributed by atoms with Crippen LogP contribution >= 0.6 is 23.2 Å². The first-order valence-electron chi connectivity index (χ1n) is 11.1. The van der Waals surface area contributed by atoms with Gasteiger partial charge in [-0.25, -0.2) is 0 Å². The molecule has 0 radical (unpaired) electrons. The van der Waals surface area contributed by atoms with E-state index >= 15 is 0 Å². The average Bonchev–Trinajstić information content (AvgIpc) is 2.81. The fraction of sp³-hybridized carbons (Fsp3) is 0.0714. The molecule has 1 heterocycles. The Balaban J connectivity index is 1.59. The quantitative estimate of drug-likeness (QED) is 0.156. The van der Waals surface area contributed by atoms with Gasteiger partial charge in [-0.15, -0.1) is 0 Å². The van der Waals surface area contributed by atoms with E-state index in [1.54, 1.807) is 0 Å². The predicted octanol–water partition coefficient (Wildman–Crippen LogP) is 5.84. The van der Waals surface area contributed by atoms with Crippen LogP contribution in [0.2, 0.25) is 23.7 Å². The molecule has 0 amide bonds. The molecule has 0 N–H and O–H groups in total. The molecule has 1 aliphatic heterocycles. The Bertz CT molecular complexity index is 1720. The van der Waals surface area contributed by atoms with Crippen LogP contribution in [-0.4, -0.2) is 13.4 Å². The van der Waals surface area contributed by atoms with Crippen LogP contribution in [0.25, 0.3) is 43.1 Å². The maximum absolute atomic E-state index is 6.41. The van der Waals surface area contributed by atoms with Crippen molar-refractivity contribution in [1.29, 1.82) is 0 Å². The number of fused-ring (bicyclic) bond motifs is 4. The van der Waals surface area contributed by atoms with Gasteiger partial charge in [0.25, 0.3) is 0 Å². The van der Waals surface area contributed by atoms with E-state index in [2.05, 4.69) is 86.4 Å². The summed E-state index contributed by atoms with van der Waals surface area (Å²) in [6.45, 7) is 5.12. The van der Waals surface area contributed by atoms with E-state index in [9.17, 15) is 0 Å². The SMILES string of the molecule is CB1c2cc(Cl)c(Cl)cc2B(C)c2cc3c(cc21)cc1ccc2cccc4ccc3c1c24. The van der Waals surface area contributed by atoms with Crippen LogP contribution in [0.3, 0.4) is 0 Å². The molecule has 7 rings (SSSR count). The van der Waals surface area contributed by atoms with Gasteiger partial charge in [0.05, 0.1) is 10.0 Å². The molecule has 6 aromatic carbocycles. The lowest BCUT2D eigenvalue weighted by Crippen LogP contribution is -2.66. The van der Waals surface area contributed by atoms with Gasteiger partial charge in [-0.1, -0.05) is 113 Å². The first-order chi connectivity index (χ1) is 15.5. The maximum Gasteiger partial charge on any atom is 0.204 e. The minimum Gasteiger partial charge on any atom is -0.0827 e. The third-order valence-electron chi connectivity index (χ3n) is 7.66. The van der Waals surface area contributed by atoms with Crippen molar-refractivity contribution in [2.24, 2.45) is 0 Å². The van der Waals surface area contributed by atoms with E-state index < -0.39 is 0 Å². The number of halogens is 2. The zero-order chi connectivity index (χ0) is 21.7. The Kier molecular flexibility index (Phi) is 3.79. The summed E-state index contributed by atoms with van der Waals surface area (Å²) in [6.07, 6.45) is 0. The van der Waals surface area contributed by atoms with Gasteiger partial charge < -0.3 is 0 Å². The topological polar surface area (TPSA) is 0 Å². The lowest BCUT2D eigenvalue weighted by molar-refractivity contribution is 1.74. The van der Waals surface area contributed by atoms with E-state index in [1.807, 2.05) is 0 Å². The summed E-state index contributed by atoms with van der Waals surface area (Å²) in [5.41, 5.74) is 5.36. The van der Waals surface area contributed by atoms with Gasteiger partial charge in [-0.3, -0.25) is 0 Å². The molecule has 0 bridgehead atoms. The van der Waals surface area contributed by atoms with Crippen LogP contribution in [0.5, 0.6) is 0 Å². The normalized spacial score (nSPS) is 13.5. The second kappa shape index (κ2) is 6.44. The molecule has 4 heteroatoms. The molecule has 0 fully saturated rings. The second-order valence-corrected chi connectivity index (χ2v) is 10.1. The second-order valence-electron chi connectivity index (χ2n) is 9.27. The molecule has 6 aromatic rings. The van der Waals surface area contributed by atoms with Crippen molar-refractivity contribution in [2.75, 3.05) is 0 Å². The van der Waals surface area contributed by atoms with Crippen molar-refractivity contribution in [1.82, 2.24) is 0 Å². The van der Waals surface area contributed by atoms with Crippen molar-refractivity contribution in [2.45, 2.75) is 13.6 Å². The van der Waals surface area contributed by atoms with Crippen molar-refractivity contribution >= 4 is 102 Å². The van der Waals surface area contributed by atoms with E-state index in [0.717, 1.165) is 0 Å². The average molecular weight is 447 g/mol. The van der Waals surface area contributed by atoms with Crippen LogP contribution in [0.1, 0.15) is 0 Å². The Morgan fingerprint density at radius 3 is 1.75 bits per heavy atom. The molecular weight excluding hydrogens is 429 g/mol. The fourth-order valence-corrected chi connectivity index (χ4v) is 6.38. The fourth-order valence-electron chi connectivity index (χ4n) is 6.04. The van der Waals surface area contributed by atoms with Crippen LogP contribution in [-0.2, 0) is 0 Å². The van der Waals surface area contributed by atoms with Crippen LogP contribution in [0, 0.1) is 0 Å². The van der Waals surface area contributed by atoms with Gasteiger partial charge in [0, 0.05) is 0 Å². The van der Waals surface area contributed by atoms with Gasteiger partial charge in [-0.05, 0) is 61.3 Å². The minimum atomic E-state index is 0.272. The van der Waals surface area contributed by atoms with Gasteiger partial charge in [-0.2, -0.15) is 0 Å². The predicted molar refractivity (Wildman–Crippen MR) is 146 cm³/mol. The number of rotatable bonds is 0. The Morgan fingerprint density at radius 2 is 1.06 bits per heavy atom. The number of hydrogen-bond acceptors (Lipinski definition) is 0. The molecule has 150 valence electrons. The highest BCUT2D eigenvalue weighted by molar-refractivity contribution is 7.02. The Hall–Kier alpha value is -2.67. The van der Waals surface area contributed by atoms with Crippen LogP contribution in [0.4, 0.5) is 0 Å². The van der Waals surface area contributed by atoms with Gasteiger partial charge >= 0.3 is 0 Å². The van der Waals surface area contributed by atoms with Crippen molar-refractivity contribution in [3.63, 3.8) is 0 Å². The summed E-state index contributed by atoms with van der Waals surface area (Å²) >= 11 is 12.8. The molecule has 0 spiro atoms. The lowest BCUT2D eigenvalue weighted by Gasteiger charge is -2.29. The van der Waals surface area contributed by atoms with E-state index in [4.69, 9.17) is 23.2 Å². The first-order valence-corrected chi connectivity index (χ1v) is 11.9. The van der Waals surface area contributed by atoms with Gasteiger partial charge in [0.2, 0.25) is 13.4 Å². The zero-order valence-electron chi connectivity index (χ0n) is 17.8. The summed E-state index contributed by atoms with van der Waals surface area (Å²) in [5.74, 6) is 0. The number of hydrogen-bond donors (Lipinski definition) is 0. The molecule has 32 heavy (non-hydrogen) atoms. The standard InChI is InChI=1S/C28H18B2Cl2/c1-29-21-11-18-10-17-7-6-15-4-3-5-16-8-9-19(28(17)27(15)16)20(18)12-22(21)30(2)24-14-26(32)25(31)13-23(24)29/h3-14H,1-2H3. The van der Waals surface area contributed by atoms with Crippen LogP contribution in [0.15, 0.2) is 72.8 Å². The molecule has 0 aliphatic carbocycles. The van der Waals surface area contributed by atoms with Gasteiger partial charge in [0.15, 0.2) is 0 Å². The Morgan fingerprint density at radius 1 is 0.500 bits per heavy atom. The zero-order valence-corrected chi connectivity index (χ0v) is 19.4. The maximum atomic E-state index is 6.41. The lowest BCUT2D eigenvalue weighted by atomic mass is 9.25. The monoisotopic (exact) mass is 446 g/mol. The summed E-state index contributed by atoms with van der Waals surface area (Å²) in [7, 11) is 0. The summed E-state index contributed by atoms with van der Waals surface area (Å²) in [5, 5.41) is 11.9. The molecule has 0 atom stereocenters. The summed E-state index contributed by atoms with van der Waals surface area (Å²) in [6, 6.07) is 27.0. The highest BCUT2D eigenvalue weighted by Crippen LogP contribution is 2.38. The first kappa shape index (κ1) is 18.9. The Labute approximate surface area is 197 Å². The molecule has 0 nitrogen and oxygen atoms in total. The third kappa shape index (κ3) is 2.37. The van der Waals surface area contributed by atoms with E-state index in [1.165, 1.54) is 64.9 Å². The van der Waals surface area contributed by atoms with Crippen molar-refractivity contribution in [3.05, 3.63) is 82.8 Å². The smallest absolute Gasteiger partial charge is 0.0827 e. The van der Waals surface area contributed by atoms with Gasteiger partial charge in [0.1, 0.15) is 0 Å². The van der Waals surface area contributed by atoms with E-state index in [-0.39, 0.29) is 13.4 Å². The van der Waals surface area contributed by atoms with Crippen molar-refractivity contribution < 1.29 is 0 Å². The van der Waals surface area contributed by atoms with Crippen molar-refractivity contribution in [3.8, 4) is 0 Å². The third-order valence-corrected chi connectivity index (χ3v) is 8.38. The molecule has 0 saturated carbocycles. The van der Waals surface area contributed by atoms with E-state index in [0.29, 0.717) is 10.0 Å². The molecule has 0 unspecified atom stereocenters. The largest absolute Gasteiger partial charge is 0.204 e. The van der Waals surface area contributed by atoms with Crippen LogP contribution < -0.4 is 21.9 Å². The molecular formula is C28H18B2Cl2. The summed E-state index contributed by atoms with van der Waals surface area (Å²) in [4.78, 5) is 0. The molecule has 1 aliphatic rings. The minimum absolute atomic E-state index is 0.272. The highest BCUT2D eigenvalue weighted by Gasteiger charge is 2.32. The molecule has 0 saturated heterocycles.